The Balaban J connectivity index is 2.39. The van der Waals surface area contributed by atoms with Crippen LogP contribution in [-0.4, -0.2) is 9.55 Å². The summed E-state index contributed by atoms with van der Waals surface area (Å²) in [7, 11) is 0. The molecule has 0 amide bonds. The Morgan fingerprint density at radius 3 is 2.38 bits per heavy atom. The summed E-state index contributed by atoms with van der Waals surface area (Å²) >= 11 is 5.73. The molecule has 2 nitrogen and oxygen atoms in total. The molecule has 0 saturated carbocycles. The van der Waals surface area contributed by atoms with Crippen molar-refractivity contribution in [1.29, 1.82) is 0 Å². The van der Waals surface area contributed by atoms with Crippen molar-refractivity contribution in [1.82, 2.24) is 9.55 Å². The molecule has 1 aromatic heterocycles. The molecule has 108 valence electrons. The van der Waals surface area contributed by atoms with Gasteiger partial charge in [0.2, 0.25) is 0 Å². The summed E-state index contributed by atoms with van der Waals surface area (Å²) < 4.78 is 55.3. The molecule has 0 aliphatic carbocycles. The first-order chi connectivity index (χ1) is 10.0. The Morgan fingerprint density at radius 1 is 0.952 bits per heavy atom. The van der Waals surface area contributed by atoms with Gasteiger partial charge in [0.15, 0.2) is 17.5 Å². The van der Waals surface area contributed by atoms with Gasteiger partial charge in [0, 0.05) is 12.1 Å². The van der Waals surface area contributed by atoms with Crippen molar-refractivity contribution in [2.75, 3.05) is 0 Å². The Morgan fingerprint density at radius 2 is 1.67 bits per heavy atom. The van der Waals surface area contributed by atoms with Crippen LogP contribution >= 0.6 is 11.6 Å². The molecule has 0 aliphatic heterocycles. The first-order valence-corrected chi connectivity index (χ1v) is 6.43. The third-order valence-electron chi connectivity index (χ3n) is 3.06. The van der Waals surface area contributed by atoms with Crippen LogP contribution in [0.2, 0.25) is 0 Å². The van der Waals surface area contributed by atoms with Gasteiger partial charge in [-0.05, 0) is 12.1 Å². The minimum atomic E-state index is -1.31. The average molecular weight is 315 g/mol. The first-order valence-electron chi connectivity index (χ1n) is 5.89. The zero-order valence-electron chi connectivity index (χ0n) is 10.4. The molecule has 21 heavy (non-hydrogen) atoms. The summed E-state index contributed by atoms with van der Waals surface area (Å²) in [6.07, 6.45) is 0. The van der Waals surface area contributed by atoms with Gasteiger partial charge in [-0.25, -0.2) is 22.5 Å². The maximum atomic E-state index is 13.9. The summed E-state index contributed by atoms with van der Waals surface area (Å²) in [6, 6.07) is 5.20. The van der Waals surface area contributed by atoms with Gasteiger partial charge in [0.1, 0.15) is 17.2 Å². The Bertz CT molecular complexity index is 845. The highest BCUT2D eigenvalue weighted by Gasteiger charge is 2.19. The number of nitrogens with zero attached hydrogens (tertiary/aromatic N) is 2. The second kappa shape index (κ2) is 5.04. The Labute approximate surface area is 121 Å². The highest BCUT2D eigenvalue weighted by Crippen LogP contribution is 2.27. The molecule has 2 aromatic carbocycles. The molecule has 0 bridgehead atoms. The van der Waals surface area contributed by atoms with Crippen molar-refractivity contribution < 1.29 is 17.6 Å². The zero-order chi connectivity index (χ0) is 15.1. The Kier molecular flexibility index (Phi) is 3.33. The van der Waals surface area contributed by atoms with Gasteiger partial charge in [0.05, 0.1) is 17.1 Å². The second-order valence-electron chi connectivity index (χ2n) is 4.32. The quantitative estimate of drug-likeness (QED) is 0.391. The monoisotopic (exact) mass is 314 g/mol. The molecule has 0 atom stereocenters. The molecule has 3 rings (SSSR count). The molecule has 0 N–H and O–H groups in total. The lowest BCUT2D eigenvalue weighted by Gasteiger charge is -2.09. The van der Waals surface area contributed by atoms with E-state index in [-0.39, 0.29) is 28.4 Å². The first kappa shape index (κ1) is 13.9. The number of para-hydroxylation sites is 1. The number of alkyl halides is 1. The van der Waals surface area contributed by atoms with Gasteiger partial charge < -0.3 is 0 Å². The topological polar surface area (TPSA) is 17.8 Å². The molecule has 0 unspecified atom stereocenters. The standard InChI is InChI=1S/C14H7ClF4N2/c15-6-13-20-14-7(16)2-1-3-11(14)21(13)12-5-9(18)8(17)4-10(12)19/h1-5H,6H2. The third kappa shape index (κ3) is 2.15. The number of hydrogen-bond acceptors (Lipinski definition) is 1. The average Bonchev–Trinajstić information content (AvgIpc) is 2.83. The van der Waals surface area contributed by atoms with E-state index in [0.29, 0.717) is 12.1 Å². The van der Waals surface area contributed by atoms with Gasteiger partial charge in [-0.15, -0.1) is 11.6 Å². The SMILES string of the molecule is Fc1cc(F)c(-n2c(CCl)nc3c(F)cccc32)cc1F. The van der Waals surface area contributed by atoms with Crippen LogP contribution in [0, 0.1) is 23.3 Å². The molecule has 7 heteroatoms. The van der Waals surface area contributed by atoms with Crippen LogP contribution in [0.4, 0.5) is 17.6 Å². The highest BCUT2D eigenvalue weighted by molar-refractivity contribution is 6.17. The lowest BCUT2D eigenvalue weighted by molar-refractivity contribution is 0.493. The van der Waals surface area contributed by atoms with E-state index >= 15 is 0 Å². The fourth-order valence-corrected chi connectivity index (χ4v) is 2.33. The minimum absolute atomic E-state index is 0.0164. The molecule has 1 heterocycles. The van der Waals surface area contributed by atoms with Crippen molar-refractivity contribution in [2.24, 2.45) is 0 Å². The van der Waals surface area contributed by atoms with E-state index in [2.05, 4.69) is 4.98 Å². The van der Waals surface area contributed by atoms with Crippen LogP contribution in [0.5, 0.6) is 0 Å². The van der Waals surface area contributed by atoms with Gasteiger partial charge in [-0.1, -0.05) is 6.07 Å². The zero-order valence-corrected chi connectivity index (χ0v) is 11.1. The largest absolute Gasteiger partial charge is 0.292 e. The molecule has 0 radical (unpaired) electrons. The van der Waals surface area contributed by atoms with Crippen molar-refractivity contribution in [3.8, 4) is 5.69 Å². The highest BCUT2D eigenvalue weighted by atomic mass is 35.5. The smallest absolute Gasteiger partial charge is 0.161 e. The lowest BCUT2D eigenvalue weighted by atomic mass is 10.2. The fourth-order valence-electron chi connectivity index (χ4n) is 2.16. The van der Waals surface area contributed by atoms with Gasteiger partial charge in [-0.2, -0.15) is 0 Å². The predicted molar refractivity (Wildman–Crippen MR) is 70.5 cm³/mol. The van der Waals surface area contributed by atoms with Crippen LogP contribution < -0.4 is 0 Å². The summed E-state index contributed by atoms with van der Waals surface area (Å²) in [5.74, 6) is -4.15. The van der Waals surface area contributed by atoms with E-state index in [4.69, 9.17) is 11.6 Å². The summed E-state index contributed by atoms with van der Waals surface area (Å²) in [4.78, 5) is 3.97. The third-order valence-corrected chi connectivity index (χ3v) is 3.29. The van der Waals surface area contributed by atoms with Crippen LogP contribution in [0.1, 0.15) is 5.82 Å². The molecule has 3 aromatic rings. The van der Waals surface area contributed by atoms with Crippen LogP contribution in [0.25, 0.3) is 16.7 Å². The van der Waals surface area contributed by atoms with Gasteiger partial charge in [0.25, 0.3) is 0 Å². The van der Waals surface area contributed by atoms with E-state index in [1.54, 1.807) is 0 Å². The van der Waals surface area contributed by atoms with Crippen molar-refractivity contribution in [2.45, 2.75) is 5.88 Å². The van der Waals surface area contributed by atoms with Crippen molar-refractivity contribution in [3.05, 3.63) is 59.4 Å². The number of hydrogen-bond donors (Lipinski definition) is 0. The predicted octanol–water partition coefficient (Wildman–Crippen LogP) is 4.32. The summed E-state index contributed by atoms with van der Waals surface area (Å²) in [6.45, 7) is 0. The number of rotatable bonds is 2. The molecule has 0 aliphatic rings. The number of halogens is 5. The van der Waals surface area contributed by atoms with E-state index in [1.807, 2.05) is 0 Å². The number of aromatic nitrogens is 2. The van der Waals surface area contributed by atoms with Gasteiger partial charge in [-0.3, -0.25) is 4.57 Å². The number of imidazole rings is 1. The summed E-state index contributed by atoms with van der Waals surface area (Å²) in [5, 5.41) is 0. The van der Waals surface area contributed by atoms with Gasteiger partial charge >= 0.3 is 0 Å². The Hall–Kier alpha value is -2.08. The van der Waals surface area contributed by atoms with Crippen LogP contribution in [0.3, 0.4) is 0 Å². The maximum Gasteiger partial charge on any atom is 0.161 e. The molecule has 0 spiro atoms. The second-order valence-corrected chi connectivity index (χ2v) is 4.59. The van der Waals surface area contributed by atoms with E-state index < -0.39 is 23.3 Å². The number of fused-ring (bicyclic) bond motifs is 1. The van der Waals surface area contributed by atoms with E-state index in [0.717, 1.165) is 0 Å². The van der Waals surface area contributed by atoms with Crippen molar-refractivity contribution in [3.63, 3.8) is 0 Å². The molecular formula is C14H7ClF4N2. The normalized spacial score (nSPS) is 11.3. The fraction of sp³-hybridized carbons (Fsp3) is 0.0714. The summed E-state index contributed by atoms with van der Waals surface area (Å²) in [5.41, 5.74) is -0.0782. The van der Waals surface area contributed by atoms with Crippen LogP contribution in [0.15, 0.2) is 30.3 Å². The minimum Gasteiger partial charge on any atom is -0.292 e. The van der Waals surface area contributed by atoms with E-state index in [9.17, 15) is 17.6 Å². The maximum absolute atomic E-state index is 13.9. The molecular weight excluding hydrogens is 308 g/mol. The van der Waals surface area contributed by atoms with Crippen molar-refractivity contribution >= 4 is 22.6 Å². The molecule has 0 saturated heterocycles. The van der Waals surface area contributed by atoms with Crippen LogP contribution in [-0.2, 0) is 5.88 Å². The number of benzene rings is 2. The molecule has 0 fully saturated rings. The van der Waals surface area contributed by atoms with E-state index in [1.165, 1.54) is 22.8 Å². The lowest BCUT2D eigenvalue weighted by Crippen LogP contribution is -2.04.